The van der Waals surface area contributed by atoms with Crippen molar-refractivity contribution < 1.29 is 14.3 Å². The summed E-state index contributed by atoms with van der Waals surface area (Å²) >= 11 is 6.37. The number of methoxy groups -OCH3 is 2. The molecule has 3 rings (SSSR count). The summed E-state index contributed by atoms with van der Waals surface area (Å²) in [5, 5.41) is 7.03. The van der Waals surface area contributed by atoms with E-state index in [4.69, 9.17) is 21.1 Å². The van der Waals surface area contributed by atoms with Gasteiger partial charge in [0.05, 0.1) is 20.8 Å². The molecule has 1 aliphatic rings. The van der Waals surface area contributed by atoms with Crippen molar-refractivity contribution in [2.75, 3.05) is 45.7 Å². The van der Waals surface area contributed by atoms with Crippen LogP contribution in [0.25, 0.3) is 0 Å². The monoisotopic (exact) mass is 425 g/mol. The molecule has 1 fully saturated rings. The molecular weight excluding hydrogens is 401 g/mol. The smallest absolute Gasteiger partial charge is 0.238 e. The van der Waals surface area contributed by atoms with Gasteiger partial charge in [0.2, 0.25) is 5.91 Å². The lowest BCUT2D eigenvalue weighted by molar-refractivity contribution is -0.118. The van der Waals surface area contributed by atoms with Gasteiger partial charge in [-0.2, -0.15) is 0 Å². The second-order valence-corrected chi connectivity index (χ2v) is 6.77. The molecule has 0 aromatic heterocycles. The number of carbonyl (C=O) groups excluding carboxylic acids is 1. The molecule has 1 unspecified atom stereocenters. The van der Waals surface area contributed by atoms with Gasteiger partial charge in [-0.15, -0.1) is 12.4 Å². The maximum Gasteiger partial charge on any atom is 0.238 e. The molecule has 2 aromatic carbocycles. The molecule has 152 valence electrons. The molecule has 8 heteroatoms. The molecule has 0 aliphatic carbocycles. The van der Waals surface area contributed by atoms with Gasteiger partial charge in [0.1, 0.15) is 11.5 Å². The Kier molecular flexibility index (Phi) is 8.38. The van der Waals surface area contributed by atoms with Crippen LogP contribution >= 0.6 is 24.0 Å². The Hall–Kier alpha value is -1.99. The summed E-state index contributed by atoms with van der Waals surface area (Å²) in [5.41, 5.74) is 1.67. The summed E-state index contributed by atoms with van der Waals surface area (Å²) in [6, 6.07) is 13.1. The normalized spacial score (nSPS) is 16.8. The van der Waals surface area contributed by atoms with Gasteiger partial charge in [-0.1, -0.05) is 29.8 Å². The largest absolute Gasteiger partial charge is 0.497 e. The van der Waals surface area contributed by atoms with Crippen molar-refractivity contribution in [1.82, 2.24) is 10.2 Å². The molecule has 1 saturated heterocycles. The summed E-state index contributed by atoms with van der Waals surface area (Å²) in [5.74, 6) is 1.16. The number of anilines is 1. The third-order valence-electron chi connectivity index (χ3n) is 4.60. The first kappa shape index (κ1) is 22.3. The van der Waals surface area contributed by atoms with Crippen LogP contribution in [0.4, 0.5) is 5.69 Å². The van der Waals surface area contributed by atoms with E-state index in [1.165, 1.54) is 0 Å². The van der Waals surface area contributed by atoms with Crippen molar-refractivity contribution in [3.63, 3.8) is 0 Å². The van der Waals surface area contributed by atoms with Crippen molar-refractivity contribution in [2.24, 2.45) is 0 Å². The minimum atomic E-state index is -0.0933. The number of nitrogens with one attached hydrogen (secondary N) is 2. The summed E-state index contributed by atoms with van der Waals surface area (Å²) in [6.45, 7) is 2.63. The third-order valence-corrected chi connectivity index (χ3v) is 4.94. The van der Waals surface area contributed by atoms with Crippen LogP contribution in [0.2, 0.25) is 5.02 Å². The van der Waals surface area contributed by atoms with Crippen molar-refractivity contribution in [3.8, 4) is 11.5 Å². The molecule has 1 heterocycles. The second kappa shape index (κ2) is 10.5. The minimum Gasteiger partial charge on any atom is -0.497 e. The van der Waals surface area contributed by atoms with E-state index in [1.54, 1.807) is 32.4 Å². The number of rotatable bonds is 6. The molecule has 1 amide bonds. The number of benzene rings is 2. The van der Waals surface area contributed by atoms with Gasteiger partial charge in [-0.25, -0.2) is 0 Å². The molecule has 1 aliphatic heterocycles. The SMILES string of the molecule is COc1cc(NC(=O)CN2CCNCC2c2ccccc2Cl)cc(OC)c1.Cl. The fourth-order valence-corrected chi connectivity index (χ4v) is 3.51. The van der Waals surface area contributed by atoms with Gasteiger partial charge in [0.25, 0.3) is 0 Å². The lowest BCUT2D eigenvalue weighted by Gasteiger charge is -2.36. The van der Waals surface area contributed by atoms with E-state index in [-0.39, 0.29) is 30.9 Å². The number of nitrogens with zero attached hydrogens (tertiary/aromatic N) is 1. The van der Waals surface area contributed by atoms with Gasteiger partial charge < -0.3 is 20.1 Å². The van der Waals surface area contributed by atoms with Crippen LogP contribution in [0.3, 0.4) is 0 Å². The van der Waals surface area contributed by atoms with Crippen LogP contribution in [0.5, 0.6) is 11.5 Å². The molecule has 0 saturated carbocycles. The Morgan fingerprint density at radius 3 is 2.54 bits per heavy atom. The molecule has 0 radical (unpaired) electrons. The zero-order valence-corrected chi connectivity index (χ0v) is 17.5. The first-order chi connectivity index (χ1) is 13.1. The number of ether oxygens (including phenoxy) is 2. The van der Waals surface area contributed by atoms with Crippen LogP contribution in [-0.4, -0.2) is 51.2 Å². The lowest BCUT2D eigenvalue weighted by atomic mass is 10.0. The van der Waals surface area contributed by atoms with Crippen LogP contribution in [-0.2, 0) is 4.79 Å². The third kappa shape index (κ3) is 5.52. The molecule has 2 N–H and O–H groups in total. The van der Waals surface area contributed by atoms with E-state index in [0.717, 1.165) is 25.2 Å². The highest BCUT2D eigenvalue weighted by molar-refractivity contribution is 6.31. The quantitative estimate of drug-likeness (QED) is 0.742. The van der Waals surface area contributed by atoms with Gasteiger partial charge in [0.15, 0.2) is 0 Å². The highest BCUT2D eigenvalue weighted by Crippen LogP contribution is 2.29. The number of hydrogen-bond donors (Lipinski definition) is 2. The van der Waals surface area contributed by atoms with Crippen LogP contribution in [0.1, 0.15) is 11.6 Å². The lowest BCUT2D eigenvalue weighted by Crippen LogP contribution is -2.48. The predicted octanol–water partition coefficient (Wildman–Crippen LogP) is 3.36. The molecule has 0 spiro atoms. The van der Waals surface area contributed by atoms with E-state index in [9.17, 15) is 4.79 Å². The number of amides is 1. The summed E-state index contributed by atoms with van der Waals surface area (Å²) in [4.78, 5) is 14.8. The first-order valence-corrected chi connectivity index (χ1v) is 9.20. The first-order valence-electron chi connectivity index (χ1n) is 8.83. The molecule has 0 bridgehead atoms. The van der Waals surface area contributed by atoms with Crippen molar-refractivity contribution in [3.05, 3.63) is 53.1 Å². The Balaban J connectivity index is 0.00000280. The van der Waals surface area contributed by atoms with Gasteiger partial charge in [0, 0.05) is 54.6 Å². The van der Waals surface area contributed by atoms with E-state index >= 15 is 0 Å². The van der Waals surface area contributed by atoms with Gasteiger partial charge in [-0.05, 0) is 11.6 Å². The topological polar surface area (TPSA) is 62.8 Å². The molecule has 2 aromatic rings. The van der Waals surface area contributed by atoms with Gasteiger partial charge >= 0.3 is 0 Å². The molecule has 1 atom stereocenters. The van der Waals surface area contributed by atoms with E-state index in [1.807, 2.05) is 24.3 Å². The fraction of sp³-hybridized carbons (Fsp3) is 0.350. The average Bonchev–Trinajstić information content (AvgIpc) is 2.68. The zero-order chi connectivity index (χ0) is 19.2. The number of halogens is 2. The Morgan fingerprint density at radius 1 is 1.21 bits per heavy atom. The Bertz CT molecular complexity index is 782. The van der Waals surface area contributed by atoms with E-state index in [0.29, 0.717) is 22.2 Å². The predicted molar refractivity (Wildman–Crippen MR) is 114 cm³/mol. The standard InChI is InChI=1S/C20H24ClN3O3.ClH/c1-26-15-9-14(10-16(11-15)27-2)23-20(25)13-24-8-7-22-12-19(24)17-5-3-4-6-18(17)21;/h3-6,9-11,19,22H,7-8,12-13H2,1-2H3,(H,23,25);1H. The van der Waals surface area contributed by atoms with E-state index in [2.05, 4.69) is 15.5 Å². The van der Waals surface area contributed by atoms with Crippen molar-refractivity contribution in [2.45, 2.75) is 6.04 Å². The van der Waals surface area contributed by atoms with Crippen LogP contribution in [0.15, 0.2) is 42.5 Å². The fourth-order valence-electron chi connectivity index (χ4n) is 3.25. The summed E-state index contributed by atoms with van der Waals surface area (Å²) in [7, 11) is 3.16. The van der Waals surface area contributed by atoms with Gasteiger partial charge in [-0.3, -0.25) is 9.69 Å². The summed E-state index contributed by atoms with van der Waals surface area (Å²) < 4.78 is 10.5. The highest BCUT2D eigenvalue weighted by atomic mass is 35.5. The molecule has 6 nitrogen and oxygen atoms in total. The van der Waals surface area contributed by atoms with Crippen LogP contribution < -0.4 is 20.1 Å². The number of carbonyl (C=O) groups is 1. The number of hydrogen-bond acceptors (Lipinski definition) is 5. The maximum atomic E-state index is 12.7. The van der Waals surface area contributed by atoms with E-state index < -0.39 is 0 Å². The summed E-state index contributed by atoms with van der Waals surface area (Å²) in [6.07, 6.45) is 0. The van der Waals surface area contributed by atoms with Crippen LogP contribution in [0, 0.1) is 0 Å². The minimum absolute atomic E-state index is 0. The zero-order valence-electron chi connectivity index (χ0n) is 15.9. The molecule has 28 heavy (non-hydrogen) atoms. The highest BCUT2D eigenvalue weighted by Gasteiger charge is 2.27. The molecular formula is C20H25Cl2N3O3. The Labute approximate surface area is 176 Å². The van der Waals surface area contributed by atoms with Crippen molar-refractivity contribution >= 4 is 35.6 Å². The Morgan fingerprint density at radius 2 is 1.89 bits per heavy atom. The maximum absolute atomic E-state index is 12.7. The number of piperazine rings is 1. The average molecular weight is 426 g/mol. The second-order valence-electron chi connectivity index (χ2n) is 6.36. The van der Waals surface area contributed by atoms with Crippen molar-refractivity contribution in [1.29, 1.82) is 0 Å².